The molecule has 11 aromatic rings. The molecule has 3 aromatic heterocycles. The van der Waals surface area contributed by atoms with Crippen molar-refractivity contribution in [2.24, 2.45) is 0 Å². The van der Waals surface area contributed by atoms with E-state index in [9.17, 15) is 5.48 Å². The van der Waals surface area contributed by atoms with Gasteiger partial charge in [0.25, 0.3) is 0 Å². The first-order valence-corrected chi connectivity index (χ1v) is 18.9. The fourth-order valence-corrected chi connectivity index (χ4v) is 8.50. The van der Waals surface area contributed by atoms with Gasteiger partial charge in [0.15, 0.2) is 5.82 Å². The molecule has 3 heterocycles. The van der Waals surface area contributed by atoms with Gasteiger partial charge in [0.1, 0.15) is 0 Å². The second-order valence-electron chi connectivity index (χ2n) is 14.9. The van der Waals surface area contributed by atoms with Gasteiger partial charge in [-0.25, -0.2) is 0 Å². The summed E-state index contributed by atoms with van der Waals surface area (Å²) in [5.74, 6) is -1.05. The van der Waals surface area contributed by atoms with E-state index in [0.717, 1.165) is 31.4 Å². The van der Waals surface area contributed by atoms with Gasteiger partial charge in [-0.3, -0.25) is 9.13 Å². The molecule has 59 heavy (non-hydrogen) atoms. The first kappa shape index (κ1) is 21.2. The van der Waals surface area contributed by atoms with Crippen LogP contribution in [0.3, 0.4) is 0 Å². The molecule has 5 heteroatoms. The van der Waals surface area contributed by atoms with Crippen LogP contribution in [0.4, 0.5) is 0 Å². The van der Waals surface area contributed by atoms with Crippen molar-refractivity contribution in [3.05, 3.63) is 199 Å². The molecule has 0 fully saturated rings. The summed E-state index contributed by atoms with van der Waals surface area (Å²) in [4.78, 5) is 14.4. The third-order valence-electron chi connectivity index (χ3n) is 11.3. The second-order valence-corrected chi connectivity index (χ2v) is 14.9. The second kappa shape index (κ2) is 12.7. The quantitative estimate of drug-likeness (QED) is 0.175. The Morgan fingerprint density at radius 3 is 1.41 bits per heavy atom. The van der Waals surface area contributed by atoms with Crippen LogP contribution >= 0.6 is 0 Å². The lowest BCUT2D eigenvalue weighted by Gasteiger charge is -2.22. The zero-order valence-corrected chi connectivity index (χ0v) is 31.4. The van der Waals surface area contributed by atoms with E-state index in [-0.39, 0.29) is 54.9 Å². The topological polar surface area (TPSA) is 48.5 Å². The number of hydrogen-bond acceptors (Lipinski definition) is 3. The molecule has 0 spiro atoms. The molecular formula is C54H37N5. The van der Waals surface area contributed by atoms with Gasteiger partial charge in [-0.15, -0.1) is 0 Å². The number of fused-ring (bicyclic) bond motifs is 9. The standard InChI is InChI=1S/C54H37N5/c1-54(2)45-21-8-3-16-39(45)40-31-30-38(33-46(40)54)37-15-13-14-36(32-37)34-26-28-35(29-27-34)51-55-52(58-47-22-9-4-17-41(47)42-18-5-10-23-48(42)58)57-53(56-51)59-49-24-11-6-19-43(49)44-20-7-12-25-50(44)59/h3-33H,1-2H3/i4D,5D,6D,7D,9D,10D,11D,12D,17D,18D,19D,20D,22D,23D,24D,25D. The lowest BCUT2D eigenvalue weighted by molar-refractivity contribution is 0.660. The van der Waals surface area contributed by atoms with Crippen LogP contribution in [-0.2, 0) is 5.41 Å². The van der Waals surface area contributed by atoms with Crippen molar-refractivity contribution in [3.63, 3.8) is 0 Å². The zero-order valence-electron chi connectivity index (χ0n) is 47.4. The fraction of sp³-hybridized carbons (Fsp3) is 0.0556. The minimum absolute atomic E-state index is 0.134. The Hall–Kier alpha value is -7.63. The molecule has 0 radical (unpaired) electrons. The summed E-state index contributed by atoms with van der Waals surface area (Å²) in [7, 11) is 0. The third-order valence-corrected chi connectivity index (χ3v) is 11.3. The molecule has 5 nitrogen and oxygen atoms in total. The van der Waals surface area contributed by atoms with Crippen molar-refractivity contribution >= 4 is 43.6 Å². The highest BCUT2D eigenvalue weighted by Gasteiger charge is 2.35. The van der Waals surface area contributed by atoms with E-state index in [1.54, 1.807) is 12.1 Å². The summed E-state index contributed by atoms with van der Waals surface area (Å²) in [6.07, 6.45) is 0. The highest BCUT2D eigenvalue weighted by molar-refractivity contribution is 6.10. The van der Waals surface area contributed by atoms with Crippen LogP contribution < -0.4 is 0 Å². The van der Waals surface area contributed by atoms with Gasteiger partial charge in [0, 0.05) is 32.5 Å². The van der Waals surface area contributed by atoms with Crippen LogP contribution in [0, 0.1) is 0 Å². The van der Waals surface area contributed by atoms with Crippen LogP contribution in [0.5, 0.6) is 0 Å². The van der Waals surface area contributed by atoms with E-state index in [4.69, 9.17) is 31.4 Å². The van der Waals surface area contributed by atoms with E-state index < -0.39 is 109 Å². The number of para-hydroxylation sites is 4. The van der Waals surface area contributed by atoms with Crippen molar-refractivity contribution in [1.29, 1.82) is 0 Å². The summed E-state index contributed by atoms with van der Waals surface area (Å²) < 4.78 is 144. The molecule has 0 saturated carbocycles. The van der Waals surface area contributed by atoms with Crippen molar-refractivity contribution in [1.82, 2.24) is 24.1 Å². The maximum absolute atomic E-state index is 9.19. The van der Waals surface area contributed by atoms with Crippen molar-refractivity contribution in [3.8, 4) is 56.7 Å². The first-order valence-electron chi connectivity index (χ1n) is 26.9. The maximum atomic E-state index is 9.19. The Labute approximate surface area is 364 Å². The van der Waals surface area contributed by atoms with E-state index in [2.05, 4.69) is 62.4 Å². The SMILES string of the molecule is [2H]c1c([2H])c([2H])c2c(c1[2H])c1c([2H])c([2H])c([2H])c([2H])c1n2-c1nc(-c2ccc(-c3cccc(-c4ccc5c(c4)C(C)(C)c4ccccc4-5)c3)cc2)nc(-n2c3c([2H])c([2H])c([2H])c([2H])c3c3c([2H])c([2H])c([2H])c([2H])c32)n1. The van der Waals surface area contributed by atoms with Crippen LogP contribution in [0.1, 0.15) is 46.9 Å². The van der Waals surface area contributed by atoms with Gasteiger partial charge in [0.2, 0.25) is 11.9 Å². The molecule has 0 N–H and O–H groups in total. The van der Waals surface area contributed by atoms with Crippen LogP contribution in [0.2, 0.25) is 0 Å². The molecule has 0 saturated heterocycles. The molecule has 278 valence electrons. The molecule has 0 unspecified atom stereocenters. The van der Waals surface area contributed by atoms with Crippen LogP contribution in [-0.4, -0.2) is 24.1 Å². The Morgan fingerprint density at radius 1 is 0.407 bits per heavy atom. The van der Waals surface area contributed by atoms with E-state index in [1.165, 1.54) is 22.3 Å². The van der Waals surface area contributed by atoms with Gasteiger partial charge in [-0.2, -0.15) is 15.0 Å². The summed E-state index contributed by atoms with van der Waals surface area (Å²) in [5, 5.41) is -1.03. The van der Waals surface area contributed by atoms with Gasteiger partial charge in [0.05, 0.1) is 44.0 Å². The number of rotatable bonds is 5. The normalized spacial score (nSPS) is 16.8. The first-order chi connectivity index (χ1) is 35.6. The lowest BCUT2D eigenvalue weighted by Crippen LogP contribution is -2.14. The Bertz CT molecular complexity index is 4080. The Balaban J connectivity index is 1.11. The van der Waals surface area contributed by atoms with E-state index in [0.29, 0.717) is 5.56 Å². The highest BCUT2D eigenvalue weighted by atomic mass is 15.3. The molecular weight excluding hydrogens is 719 g/mol. The van der Waals surface area contributed by atoms with Crippen LogP contribution in [0.15, 0.2) is 188 Å². The zero-order chi connectivity index (χ0) is 53.2. The average molecular weight is 772 g/mol. The minimum atomic E-state index is -0.694. The smallest absolute Gasteiger partial charge is 0.240 e. The number of hydrogen-bond donors (Lipinski definition) is 0. The fourth-order valence-electron chi connectivity index (χ4n) is 8.50. The summed E-state index contributed by atoms with van der Waals surface area (Å²) in [6, 6.07) is 19.8. The summed E-state index contributed by atoms with van der Waals surface area (Å²) >= 11 is 0. The molecule has 12 rings (SSSR count). The lowest BCUT2D eigenvalue weighted by atomic mass is 9.81. The number of aromatic nitrogens is 5. The Kier molecular flexibility index (Phi) is 4.56. The number of benzene rings is 8. The highest BCUT2D eigenvalue weighted by Crippen LogP contribution is 2.49. The van der Waals surface area contributed by atoms with E-state index >= 15 is 0 Å². The predicted molar refractivity (Wildman–Crippen MR) is 242 cm³/mol. The molecule has 0 aliphatic heterocycles. The molecule has 0 bridgehead atoms. The molecule has 0 atom stereocenters. The van der Waals surface area contributed by atoms with Gasteiger partial charge >= 0.3 is 0 Å². The van der Waals surface area contributed by atoms with E-state index in [1.807, 2.05) is 30.3 Å². The monoisotopic (exact) mass is 771 g/mol. The molecule has 1 aliphatic carbocycles. The van der Waals surface area contributed by atoms with Crippen molar-refractivity contribution in [2.75, 3.05) is 0 Å². The molecule has 8 aromatic carbocycles. The van der Waals surface area contributed by atoms with Crippen molar-refractivity contribution < 1.29 is 21.9 Å². The molecule has 0 amide bonds. The average Bonchev–Trinajstić information content (AvgIpc) is 4.17. The molecule has 1 aliphatic rings. The number of nitrogens with zero attached hydrogens (tertiary/aromatic N) is 5. The summed E-state index contributed by atoms with van der Waals surface area (Å²) in [5.41, 5.74) is 7.50. The summed E-state index contributed by atoms with van der Waals surface area (Å²) in [6.45, 7) is 4.46. The third kappa shape index (κ3) is 5.08. The van der Waals surface area contributed by atoms with Gasteiger partial charge in [-0.1, -0.05) is 165 Å². The Morgan fingerprint density at radius 2 is 0.847 bits per heavy atom. The van der Waals surface area contributed by atoms with Gasteiger partial charge < -0.3 is 0 Å². The van der Waals surface area contributed by atoms with Crippen molar-refractivity contribution in [2.45, 2.75) is 19.3 Å². The minimum Gasteiger partial charge on any atom is -0.278 e. The van der Waals surface area contributed by atoms with Crippen LogP contribution in [0.25, 0.3) is 100 Å². The van der Waals surface area contributed by atoms with Gasteiger partial charge in [-0.05, 0) is 80.8 Å². The maximum Gasteiger partial charge on any atom is 0.240 e. The predicted octanol–water partition coefficient (Wildman–Crippen LogP) is 13.4. The largest absolute Gasteiger partial charge is 0.278 e.